The highest BCUT2D eigenvalue weighted by atomic mass is 32.2. The maximum absolute atomic E-state index is 13.9. The molecule has 1 aliphatic rings. The predicted octanol–water partition coefficient (Wildman–Crippen LogP) is 3.35. The van der Waals surface area contributed by atoms with Gasteiger partial charge in [0.1, 0.15) is 19.0 Å². The number of hydrogen-bond acceptors (Lipinski definition) is 4. The third-order valence-corrected chi connectivity index (χ3v) is 4.30. The molecule has 0 bridgehead atoms. The van der Waals surface area contributed by atoms with Gasteiger partial charge in [0, 0.05) is 17.2 Å². The van der Waals surface area contributed by atoms with Crippen LogP contribution in [0.1, 0.15) is 11.1 Å². The van der Waals surface area contributed by atoms with Crippen molar-refractivity contribution in [2.24, 2.45) is 5.73 Å². The van der Waals surface area contributed by atoms with Crippen molar-refractivity contribution in [1.82, 2.24) is 0 Å². The Labute approximate surface area is 127 Å². The van der Waals surface area contributed by atoms with Crippen LogP contribution in [0.5, 0.6) is 11.5 Å². The van der Waals surface area contributed by atoms with Crippen LogP contribution in [0.15, 0.2) is 41.3 Å². The third kappa shape index (κ3) is 3.31. The average molecular weight is 305 g/mol. The Morgan fingerprint density at radius 2 is 1.86 bits per heavy atom. The minimum Gasteiger partial charge on any atom is -0.486 e. The Balaban J connectivity index is 1.70. The number of ether oxygens (including phenoxy) is 2. The first-order chi connectivity index (χ1) is 10.3. The number of halogens is 1. The van der Waals surface area contributed by atoms with Gasteiger partial charge in [0.05, 0.1) is 0 Å². The summed E-state index contributed by atoms with van der Waals surface area (Å²) in [5, 5.41) is 0. The van der Waals surface area contributed by atoms with E-state index in [2.05, 4.69) is 0 Å². The molecule has 3 nitrogen and oxygen atoms in total. The Morgan fingerprint density at radius 1 is 1.05 bits per heavy atom. The summed E-state index contributed by atoms with van der Waals surface area (Å²) in [6.45, 7) is 1.50. The number of fused-ring (bicyclic) bond motifs is 1. The predicted molar refractivity (Wildman–Crippen MR) is 81.3 cm³/mol. The second-order valence-electron chi connectivity index (χ2n) is 4.72. The van der Waals surface area contributed by atoms with E-state index in [-0.39, 0.29) is 5.82 Å². The molecule has 21 heavy (non-hydrogen) atoms. The third-order valence-electron chi connectivity index (χ3n) is 3.26. The van der Waals surface area contributed by atoms with Crippen LogP contribution in [0.2, 0.25) is 0 Å². The fourth-order valence-corrected chi connectivity index (χ4v) is 3.02. The van der Waals surface area contributed by atoms with Gasteiger partial charge in [0.2, 0.25) is 0 Å². The summed E-state index contributed by atoms with van der Waals surface area (Å²) in [7, 11) is 0. The zero-order valence-corrected chi connectivity index (χ0v) is 12.3. The fraction of sp³-hybridized carbons (Fsp3) is 0.250. The second-order valence-corrected chi connectivity index (χ2v) is 5.77. The summed E-state index contributed by atoms with van der Waals surface area (Å²) in [4.78, 5) is 1.03. The molecule has 0 fully saturated rings. The summed E-state index contributed by atoms with van der Waals surface area (Å²) in [5.74, 6) is 1.88. The lowest BCUT2D eigenvalue weighted by atomic mass is 10.1. The van der Waals surface area contributed by atoms with Crippen LogP contribution >= 0.6 is 11.8 Å². The highest BCUT2D eigenvalue weighted by molar-refractivity contribution is 7.98. The quantitative estimate of drug-likeness (QED) is 0.880. The van der Waals surface area contributed by atoms with Crippen molar-refractivity contribution in [3.63, 3.8) is 0 Å². The summed E-state index contributed by atoms with van der Waals surface area (Å²) in [6.07, 6.45) is 0. The van der Waals surface area contributed by atoms with Gasteiger partial charge in [0.15, 0.2) is 11.5 Å². The standard InChI is InChI=1S/C16H16FNO2S/c17-14-7-11(9-18)1-2-12(14)10-21-13-3-4-15-16(8-13)20-6-5-19-15/h1-4,7-8H,5-6,9-10,18H2. The molecule has 0 saturated heterocycles. The number of benzene rings is 2. The highest BCUT2D eigenvalue weighted by Gasteiger charge is 2.12. The molecule has 110 valence electrons. The minimum atomic E-state index is -0.206. The lowest BCUT2D eigenvalue weighted by Gasteiger charge is -2.18. The van der Waals surface area contributed by atoms with Crippen molar-refractivity contribution in [3.8, 4) is 11.5 Å². The van der Waals surface area contributed by atoms with Crippen LogP contribution in [0.3, 0.4) is 0 Å². The van der Waals surface area contributed by atoms with Crippen molar-refractivity contribution in [3.05, 3.63) is 53.3 Å². The van der Waals surface area contributed by atoms with E-state index in [1.54, 1.807) is 17.8 Å². The summed E-state index contributed by atoms with van der Waals surface area (Å²) < 4.78 is 24.9. The molecule has 0 spiro atoms. The molecule has 0 aliphatic carbocycles. The van der Waals surface area contributed by atoms with Crippen LogP contribution in [-0.4, -0.2) is 13.2 Å². The number of nitrogens with two attached hydrogens (primary N) is 1. The number of hydrogen-bond donors (Lipinski definition) is 1. The van der Waals surface area contributed by atoms with Gasteiger partial charge < -0.3 is 15.2 Å². The van der Waals surface area contributed by atoms with Crippen molar-refractivity contribution in [2.45, 2.75) is 17.2 Å². The van der Waals surface area contributed by atoms with Crippen LogP contribution in [0.4, 0.5) is 4.39 Å². The zero-order valence-electron chi connectivity index (χ0n) is 11.5. The molecule has 5 heteroatoms. The molecule has 0 atom stereocenters. The summed E-state index contributed by atoms with van der Waals surface area (Å²) >= 11 is 1.57. The first kappa shape index (κ1) is 14.2. The molecular weight excluding hydrogens is 289 g/mol. The second kappa shape index (κ2) is 6.37. The van der Waals surface area contributed by atoms with Gasteiger partial charge in [-0.2, -0.15) is 0 Å². The van der Waals surface area contributed by atoms with Gasteiger partial charge in [-0.1, -0.05) is 12.1 Å². The zero-order chi connectivity index (χ0) is 14.7. The Morgan fingerprint density at radius 3 is 2.62 bits per heavy atom. The maximum atomic E-state index is 13.9. The minimum absolute atomic E-state index is 0.206. The SMILES string of the molecule is NCc1ccc(CSc2ccc3c(c2)OCCO3)c(F)c1. The number of thioether (sulfide) groups is 1. The molecule has 2 aromatic carbocycles. The van der Waals surface area contributed by atoms with Gasteiger partial charge in [-0.25, -0.2) is 4.39 Å². The largest absolute Gasteiger partial charge is 0.486 e. The molecule has 0 aromatic heterocycles. The smallest absolute Gasteiger partial charge is 0.162 e. The van der Waals surface area contributed by atoms with Crippen LogP contribution in [0.25, 0.3) is 0 Å². The topological polar surface area (TPSA) is 44.5 Å². The van der Waals surface area contributed by atoms with Crippen molar-refractivity contribution in [1.29, 1.82) is 0 Å². The van der Waals surface area contributed by atoms with Gasteiger partial charge >= 0.3 is 0 Å². The maximum Gasteiger partial charge on any atom is 0.162 e. The van der Waals surface area contributed by atoms with Gasteiger partial charge in [-0.15, -0.1) is 11.8 Å². The molecule has 3 rings (SSSR count). The first-order valence-electron chi connectivity index (χ1n) is 6.76. The van der Waals surface area contributed by atoms with Crippen LogP contribution < -0.4 is 15.2 Å². The summed E-state index contributed by atoms with van der Waals surface area (Å²) in [5.41, 5.74) is 6.98. The van der Waals surface area contributed by atoms with Crippen molar-refractivity contribution >= 4 is 11.8 Å². The Kier molecular flexibility index (Phi) is 4.31. The number of rotatable bonds is 4. The molecule has 0 saturated carbocycles. The van der Waals surface area contributed by atoms with E-state index in [1.807, 2.05) is 24.3 Å². The molecule has 0 amide bonds. The van der Waals surface area contributed by atoms with E-state index >= 15 is 0 Å². The van der Waals surface area contributed by atoms with Gasteiger partial charge in [-0.3, -0.25) is 0 Å². The van der Waals surface area contributed by atoms with Gasteiger partial charge in [0.25, 0.3) is 0 Å². The molecule has 2 aromatic rings. The Bertz CT molecular complexity index is 648. The lowest BCUT2D eigenvalue weighted by Crippen LogP contribution is -2.15. The van der Waals surface area contributed by atoms with E-state index in [4.69, 9.17) is 15.2 Å². The molecule has 2 N–H and O–H groups in total. The Hall–Kier alpha value is -1.72. The van der Waals surface area contributed by atoms with E-state index in [1.165, 1.54) is 6.07 Å². The van der Waals surface area contributed by atoms with Crippen LogP contribution in [0, 0.1) is 5.82 Å². The van der Waals surface area contributed by atoms with Crippen molar-refractivity contribution in [2.75, 3.05) is 13.2 Å². The van der Waals surface area contributed by atoms with Crippen molar-refractivity contribution < 1.29 is 13.9 Å². The van der Waals surface area contributed by atoms with E-state index in [0.29, 0.717) is 31.1 Å². The monoisotopic (exact) mass is 305 g/mol. The molecule has 1 aliphatic heterocycles. The molecule has 1 heterocycles. The summed E-state index contributed by atoms with van der Waals surface area (Å²) in [6, 6.07) is 10.9. The molecule has 0 radical (unpaired) electrons. The van der Waals surface area contributed by atoms with E-state index in [0.717, 1.165) is 22.0 Å². The lowest BCUT2D eigenvalue weighted by molar-refractivity contribution is 0.171. The fourth-order valence-electron chi connectivity index (χ4n) is 2.11. The molecular formula is C16H16FNO2S. The normalized spacial score (nSPS) is 13.2. The highest BCUT2D eigenvalue weighted by Crippen LogP contribution is 2.35. The van der Waals surface area contributed by atoms with E-state index < -0.39 is 0 Å². The van der Waals surface area contributed by atoms with Crippen LogP contribution in [-0.2, 0) is 12.3 Å². The molecule has 0 unspecified atom stereocenters. The first-order valence-corrected chi connectivity index (χ1v) is 7.74. The average Bonchev–Trinajstić information content (AvgIpc) is 2.53. The van der Waals surface area contributed by atoms with E-state index in [9.17, 15) is 4.39 Å². The van der Waals surface area contributed by atoms with Gasteiger partial charge in [-0.05, 0) is 35.4 Å².